The van der Waals surface area contributed by atoms with Gasteiger partial charge in [0.25, 0.3) is 0 Å². The third-order valence-electron chi connectivity index (χ3n) is 2.95. The van der Waals surface area contributed by atoms with Crippen LogP contribution in [0.25, 0.3) is 0 Å². The van der Waals surface area contributed by atoms with Crippen LogP contribution >= 0.6 is 81.2 Å². The second-order valence-electron chi connectivity index (χ2n) is 5.12. The number of rotatable bonds is 3. The Labute approximate surface area is 200 Å². The molecule has 2 aromatic rings. The number of esters is 2. The Morgan fingerprint density at radius 3 is 1.21 bits per heavy atom. The first-order valence-electron chi connectivity index (χ1n) is 7.27. The number of halogens is 7. The summed E-state index contributed by atoms with van der Waals surface area (Å²) in [6, 6.07) is 5.16. The van der Waals surface area contributed by atoms with Crippen LogP contribution in [0, 0.1) is 0 Å². The molecule has 0 spiro atoms. The minimum atomic E-state index is -1.07. The molecule has 5 nitrogen and oxygen atoms in total. The fraction of sp³-hybridized carbons (Fsp3) is 0.118. The van der Waals surface area contributed by atoms with Crippen molar-refractivity contribution in [3.05, 3.63) is 65.5 Å². The van der Waals surface area contributed by atoms with Crippen LogP contribution in [0.1, 0.15) is 27.6 Å². The molecule has 0 heterocycles. The Morgan fingerprint density at radius 1 is 0.759 bits per heavy atom. The van der Waals surface area contributed by atoms with Crippen molar-refractivity contribution in [2.45, 2.75) is 12.3 Å². The van der Waals surface area contributed by atoms with Crippen LogP contribution < -0.4 is 0 Å². The lowest BCUT2D eigenvalue weighted by Gasteiger charge is -2.09. The maximum absolute atomic E-state index is 12.1. The summed E-state index contributed by atoms with van der Waals surface area (Å²) >= 11 is 40.1. The van der Waals surface area contributed by atoms with Crippen LogP contribution in [0.5, 0.6) is 0 Å². The van der Waals surface area contributed by atoms with Crippen LogP contribution in [0.15, 0.2) is 24.3 Å². The fourth-order valence-electron chi connectivity index (χ4n) is 1.66. The van der Waals surface area contributed by atoms with Gasteiger partial charge < -0.3 is 9.84 Å². The average Bonchev–Trinajstić information content (AvgIpc) is 2.52. The van der Waals surface area contributed by atoms with Gasteiger partial charge in [0.1, 0.15) is 5.38 Å². The molecule has 0 fully saturated rings. The highest BCUT2D eigenvalue weighted by atomic mass is 35.5. The summed E-state index contributed by atoms with van der Waals surface area (Å²) in [5.41, 5.74) is -0.403. The molecular formula is C17H9Cl7O5. The van der Waals surface area contributed by atoms with Gasteiger partial charge in [0.15, 0.2) is 0 Å². The van der Waals surface area contributed by atoms with Gasteiger partial charge in [-0.1, -0.05) is 69.6 Å². The molecule has 1 unspecified atom stereocenters. The number of benzene rings is 2. The number of carboxylic acids is 1. The summed E-state index contributed by atoms with van der Waals surface area (Å²) in [6.45, 7) is 1.41. The van der Waals surface area contributed by atoms with E-state index in [0.29, 0.717) is 0 Å². The Bertz CT molecular complexity index is 846. The quantitative estimate of drug-likeness (QED) is 0.251. The summed E-state index contributed by atoms with van der Waals surface area (Å²) in [4.78, 5) is 33.8. The summed E-state index contributed by atoms with van der Waals surface area (Å²) in [6.07, 6.45) is 0. The van der Waals surface area contributed by atoms with Gasteiger partial charge in [0, 0.05) is 10.0 Å². The summed E-state index contributed by atoms with van der Waals surface area (Å²) in [5.74, 6) is -3.11. The molecule has 1 atom stereocenters. The number of hydrogen-bond acceptors (Lipinski definition) is 4. The van der Waals surface area contributed by atoms with E-state index >= 15 is 0 Å². The van der Waals surface area contributed by atoms with Crippen LogP contribution in [0.3, 0.4) is 0 Å². The molecule has 156 valence electrons. The van der Waals surface area contributed by atoms with E-state index in [4.69, 9.17) is 91.0 Å². The van der Waals surface area contributed by atoms with Crippen molar-refractivity contribution >= 4 is 99.1 Å². The molecule has 0 radical (unpaired) electrons. The molecule has 0 amide bonds. The van der Waals surface area contributed by atoms with Gasteiger partial charge in [-0.05, 0) is 31.2 Å². The van der Waals surface area contributed by atoms with Crippen molar-refractivity contribution in [1.82, 2.24) is 0 Å². The molecular weight excluding hydrogens is 532 g/mol. The number of carbonyl (C=O) groups excluding carboxylic acids is 2. The van der Waals surface area contributed by atoms with Crippen molar-refractivity contribution in [3.63, 3.8) is 0 Å². The van der Waals surface area contributed by atoms with Crippen molar-refractivity contribution in [2.24, 2.45) is 0 Å². The van der Waals surface area contributed by atoms with E-state index in [-0.39, 0.29) is 41.3 Å². The van der Waals surface area contributed by atoms with E-state index in [0.717, 1.165) is 0 Å². The lowest BCUT2D eigenvalue weighted by atomic mass is 10.2. The van der Waals surface area contributed by atoms with Gasteiger partial charge in [0.05, 0.1) is 31.2 Å². The van der Waals surface area contributed by atoms with Crippen molar-refractivity contribution < 1.29 is 24.2 Å². The zero-order chi connectivity index (χ0) is 22.5. The third-order valence-corrected chi connectivity index (χ3v) is 4.76. The largest absolute Gasteiger partial charge is 0.480 e. The number of carbonyl (C=O) groups is 3. The minimum absolute atomic E-state index is 0.0615. The SMILES string of the molecule is CC(Cl)C(=O)O.O=C(OC(=O)c1c(Cl)cc(Cl)cc1Cl)c1c(Cl)cc(Cl)cc1Cl. The van der Waals surface area contributed by atoms with Gasteiger partial charge in [-0.3, -0.25) is 4.79 Å². The van der Waals surface area contributed by atoms with E-state index in [9.17, 15) is 14.4 Å². The number of alkyl halides is 1. The molecule has 2 aromatic carbocycles. The zero-order valence-corrected chi connectivity index (χ0v) is 19.4. The van der Waals surface area contributed by atoms with Gasteiger partial charge >= 0.3 is 17.9 Å². The predicted octanol–water partition coefficient (Wildman–Crippen LogP) is 7.30. The standard InChI is InChI=1S/C14H4Cl6O3.C3H5ClO2/c15-5-1-7(17)11(8(18)2-5)13(21)23-14(22)12-9(19)3-6(16)4-10(12)20;1-2(4)3(5)6/h1-4H;2H,1H3,(H,5,6). The second kappa shape index (κ2) is 11.5. The first-order valence-corrected chi connectivity index (χ1v) is 9.98. The molecule has 0 aliphatic rings. The van der Waals surface area contributed by atoms with Crippen LogP contribution in [0.2, 0.25) is 30.1 Å². The molecule has 0 bridgehead atoms. The maximum Gasteiger partial charge on any atom is 0.349 e. The van der Waals surface area contributed by atoms with E-state index < -0.39 is 23.3 Å². The van der Waals surface area contributed by atoms with E-state index in [2.05, 4.69) is 0 Å². The van der Waals surface area contributed by atoms with Crippen molar-refractivity contribution in [2.75, 3.05) is 0 Å². The molecule has 0 aliphatic carbocycles. The van der Waals surface area contributed by atoms with E-state index in [1.54, 1.807) is 0 Å². The first kappa shape index (κ1) is 26.1. The lowest BCUT2D eigenvalue weighted by Crippen LogP contribution is -2.14. The average molecular weight is 541 g/mol. The third kappa shape index (κ3) is 7.68. The Kier molecular flexibility index (Phi) is 10.3. The minimum Gasteiger partial charge on any atom is -0.480 e. The normalized spacial score (nSPS) is 11.2. The van der Waals surface area contributed by atoms with Crippen molar-refractivity contribution in [3.8, 4) is 0 Å². The van der Waals surface area contributed by atoms with Gasteiger partial charge in [-0.15, -0.1) is 11.6 Å². The van der Waals surface area contributed by atoms with E-state index in [1.165, 1.54) is 31.2 Å². The second-order valence-corrected chi connectivity index (χ2v) is 8.28. The molecule has 0 aromatic heterocycles. The fourth-order valence-corrected chi connectivity index (χ4v) is 3.60. The predicted molar refractivity (Wildman–Crippen MR) is 116 cm³/mol. The van der Waals surface area contributed by atoms with E-state index in [1.807, 2.05) is 0 Å². The smallest absolute Gasteiger partial charge is 0.349 e. The highest BCUT2D eigenvalue weighted by molar-refractivity contribution is 6.43. The number of aliphatic carboxylic acids is 1. The molecule has 12 heteroatoms. The molecule has 2 rings (SSSR count). The lowest BCUT2D eigenvalue weighted by molar-refractivity contribution is -0.136. The highest BCUT2D eigenvalue weighted by Gasteiger charge is 2.24. The summed E-state index contributed by atoms with van der Waals surface area (Å²) in [5, 5.41) is 7.31. The van der Waals surface area contributed by atoms with Gasteiger partial charge in [-0.25, -0.2) is 9.59 Å². The van der Waals surface area contributed by atoms with Crippen LogP contribution in [-0.2, 0) is 9.53 Å². The Hall–Kier alpha value is -0.920. The summed E-state index contributed by atoms with van der Waals surface area (Å²) in [7, 11) is 0. The number of hydrogen-bond donors (Lipinski definition) is 1. The number of carboxylic acid groups (broad SMARTS) is 1. The topological polar surface area (TPSA) is 80.7 Å². The van der Waals surface area contributed by atoms with Crippen LogP contribution in [0.4, 0.5) is 0 Å². The van der Waals surface area contributed by atoms with Crippen molar-refractivity contribution in [1.29, 1.82) is 0 Å². The van der Waals surface area contributed by atoms with Gasteiger partial charge in [0.2, 0.25) is 0 Å². The first-order chi connectivity index (χ1) is 13.3. The zero-order valence-electron chi connectivity index (χ0n) is 14.1. The molecule has 0 aliphatic heterocycles. The Balaban J connectivity index is 0.000000612. The molecule has 0 saturated heterocycles. The number of ether oxygens (including phenoxy) is 1. The van der Waals surface area contributed by atoms with Gasteiger partial charge in [-0.2, -0.15) is 0 Å². The molecule has 29 heavy (non-hydrogen) atoms. The maximum atomic E-state index is 12.1. The summed E-state index contributed by atoms with van der Waals surface area (Å²) < 4.78 is 4.72. The van der Waals surface area contributed by atoms with Crippen LogP contribution in [-0.4, -0.2) is 28.4 Å². The highest BCUT2D eigenvalue weighted by Crippen LogP contribution is 2.32. The Morgan fingerprint density at radius 2 is 1.00 bits per heavy atom. The monoisotopic (exact) mass is 538 g/mol. The molecule has 1 N–H and O–H groups in total. The molecule has 0 saturated carbocycles.